The zero-order valence-corrected chi connectivity index (χ0v) is 8.31. The first-order valence-corrected chi connectivity index (χ1v) is 4.42. The summed E-state index contributed by atoms with van der Waals surface area (Å²) >= 11 is 5.25. The first-order chi connectivity index (χ1) is 6.65. The van der Waals surface area contributed by atoms with Crippen LogP contribution in [0.15, 0.2) is 23.7 Å². The molecule has 0 heterocycles. The topological polar surface area (TPSA) is 9.23 Å². The van der Waals surface area contributed by atoms with Gasteiger partial charge in [-0.05, 0) is 13.0 Å². The molecule has 1 aromatic carbocycles. The Balaban J connectivity index is 2.79. The van der Waals surface area contributed by atoms with Gasteiger partial charge in [-0.25, -0.2) is 8.78 Å². The van der Waals surface area contributed by atoms with E-state index in [9.17, 15) is 8.78 Å². The average Bonchev–Trinajstić information content (AvgIpc) is 2.14. The summed E-state index contributed by atoms with van der Waals surface area (Å²) in [5, 5.41) is 0. The van der Waals surface area contributed by atoms with E-state index in [4.69, 9.17) is 16.3 Å². The molecule has 1 rings (SSSR count). The molecule has 0 spiro atoms. The van der Waals surface area contributed by atoms with Crippen molar-refractivity contribution < 1.29 is 13.5 Å². The lowest BCUT2D eigenvalue weighted by Crippen LogP contribution is -1.96. The lowest BCUT2D eigenvalue weighted by molar-refractivity contribution is 0.357. The molecule has 0 fully saturated rings. The molecule has 0 aromatic heterocycles. The van der Waals surface area contributed by atoms with Crippen LogP contribution in [0, 0.1) is 18.6 Å². The predicted octanol–water partition coefficient (Wildman–Crippen LogP) is 3.40. The number of halogens is 3. The van der Waals surface area contributed by atoms with E-state index in [0.717, 1.165) is 12.1 Å². The van der Waals surface area contributed by atoms with Crippen LogP contribution in [0.25, 0.3) is 0 Å². The van der Waals surface area contributed by atoms with Crippen molar-refractivity contribution in [2.75, 3.05) is 6.61 Å². The number of rotatable bonds is 3. The third-order valence-electron chi connectivity index (χ3n) is 1.69. The summed E-state index contributed by atoms with van der Waals surface area (Å²) in [4.78, 5) is 0. The minimum absolute atomic E-state index is 0.00904. The highest BCUT2D eigenvalue weighted by atomic mass is 35.5. The molecule has 0 aliphatic rings. The minimum atomic E-state index is -0.616. The van der Waals surface area contributed by atoms with Gasteiger partial charge in [0.05, 0.1) is 0 Å². The molecule has 0 N–H and O–H groups in total. The van der Waals surface area contributed by atoms with Gasteiger partial charge in [0.15, 0.2) is 0 Å². The Bertz CT molecular complexity index is 327. The van der Waals surface area contributed by atoms with Crippen molar-refractivity contribution in [3.8, 4) is 5.75 Å². The molecule has 0 amide bonds. The van der Waals surface area contributed by atoms with E-state index in [1.165, 1.54) is 18.5 Å². The first kappa shape index (κ1) is 11.0. The molecule has 0 aliphatic carbocycles. The average molecular weight is 219 g/mol. The number of hydrogen-bond acceptors (Lipinski definition) is 1. The summed E-state index contributed by atoms with van der Waals surface area (Å²) in [5.41, 5.74) is 1.27. The maximum Gasteiger partial charge on any atom is 0.132 e. The van der Waals surface area contributed by atoms with Gasteiger partial charge >= 0.3 is 0 Å². The van der Waals surface area contributed by atoms with Crippen molar-refractivity contribution in [2.24, 2.45) is 0 Å². The molecule has 0 bridgehead atoms. The Morgan fingerprint density at radius 3 is 2.43 bits per heavy atom. The third-order valence-corrected chi connectivity index (χ3v) is 1.87. The van der Waals surface area contributed by atoms with Crippen LogP contribution in [0.2, 0.25) is 0 Å². The van der Waals surface area contributed by atoms with Crippen LogP contribution in [-0.4, -0.2) is 6.61 Å². The van der Waals surface area contributed by atoms with Crippen LogP contribution in [0.3, 0.4) is 0 Å². The van der Waals surface area contributed by atoms with Crippen molar-refractivity contribution in [1.29, 1.82) is 0 Å². The van der Waals surface area contributed by atoms with Crippen LogP contribution in [-0.2, 0) is 0 Å². The van der Waals surface area contributed by atoms with Crippen molar-refractivity contribution in [2.45, 2.75) is 6.92 Å². The van der Waals surface area contributed by atoms with Crippen molar-refractivity contribution in [3.05, 3.63) is 40.9 Å². The molecule has 0 aliphatic heterocycles. The van der Waals surface area contributed by atoms with E-state index in [-0.39, 0.29) is 17.9 Å². The number of hydrogen-bond donors (Lipinski definition) is 0. The largest absolute Gasteiger partial charge is 0.489 e. The molecule has 76 valence electrons. The highest BCUT2D eigenvalue weighted by Gasteiger charge is 2.06. The fourth-order valence-corrected chi connectivity index (χ4v) is 0.959. The van der Waals surface area contributed by atoms with E-state index in [1.807, 2.05) is 0 Å². The van der Waals surface area contributed by atoms with Gasteiger partial charge in [0.25, 0.3) is 0 Å². The molecule has 1 aromatic rings. The molecule has 14 heavy (non-hydrogen) atoms. The predicted molar refractivity (Wildman–Crippen MR) is 51.6 cm³/mol. The molecule has 0 radical (unpaired) electrons. The van der Waals surface area contributed by atoms with E-state index in [2.05, 4.69) is 0 Å². The van der Waals surface area contributed by atoms with Crippen molar-refractivity contribution in [1.82, 2.24) is 0 Å². The standard InChI is InChI=1S/C10H9ClF2O/c1-7-9(12)5-8(6-10(7)13)14-4-2-3-11/h2-3,5-6H,4H2,1H3/b3-2+. The number of ether oxygens (including phenoxy) is 1. The van der Waals surface area contributed by atoms with Gasteiger partial charge in [-0.3, -0.25) is 0 Å². The number of benzene rings is 1. The van der Waals surface area contributed by atoms with Crippen molar-refractivity contribution in [3.63, 3.8) is 0 Å². The van der Waals surface area contributed by atoms with E-state index < -0.39 is 11.6 Å². The lowest BCUT2D eigenvalue weighted by atomic mass is 10.2. The fraction of sp³-hybridized carbons (Fsp3) is 0.200. The lowest BCUT2D eigenvalue weighted by Gasteiger charge is -2.05. The first-order valence-electron chi connectivity index (χ1n) is 3.99. The molecular weight excluding hydrogens is 210 g/mol. The van der Waals surface area contributed by atoms with Crippen molar-refractivity contribution >= 4 is 11.6 Å². The molecule has 4 heteroatoms. The summed E-state index contributed by atoms with van der Waals surface area (Å²) in [6.07, 6.45) is 1.53. The monoisotopic (exact) mass is 218 g/mol. The molecule has 1 nitrogen and oxygen atoms in total. The van der Waals surface area contributed by atoms with Crippen LogP contribution in [0.5, 0.6) is 5.75 Å². The van der Waals surface area contributed by atoms with Gasteiger partial charge < -0.3 is 4.74 Å². The molecule has 0 saturated heterocycles. The zero-order valence-electron chi connectivity index (χ0n) is 7.56. The normalized spacial score (nSPS) is 10.9. The highest BCUT2D eigenvalue weighted by Crippen LogP contribution is 2.19. The maximum absolute atomic E-state index is 13.0. The SMILES string of the molecule is Cc1c(F)cc(OC/C=C/Cl)cc1F. The summed E-state index contributed by atoms with van der Waals surface area (Å²) in [6.45, 7) is 1.55. The maximum atomic E-state index is 13.0. The third kappa shape index (κ3) is 2.70. The van der Waals surface area contributed by atoms with Gasteiger partial charge in [0, 0.05) is 23.2 Å². The van der Waals surface area contributed by atoms with Crippen LogP contribution < -0.4 is 4.74 Å². The molecule has 0 atom stereocenters. The minimum Gasteiger partial charge on any atom is -0.489 e. The summed E-state index contributed by atoms with van der Waals surface area (Å²) in [7, 11) is 0. The second kappa shape index (κ2) is 4.96. The van der Waals surface area contributed by atoms with Gasteiger partial charge in [-0.15, -0.1) is 0 Å². The van der Waals surface area contributed by atoms with Gasteiger partial charge in [-0.2, -0.15) is 0 Å². The molecule has 0 saturated carbocycles. The van der Waals surface area contributed by atoms with Crippen LogP contribution in [0.4, 0.5) is 8.78 Å². The van der Waals surface area contributed by atoms with Gasteiger partial charge in [-0.1, -0.05) is 11.6 Å². The quantitative estimate of drug-likeness (QED) is 0.756. The Hall–Kier alpha value is -1.09. The van der Waals surface area contributed by atoms with Gasteiger partial charge in [0.2, 0.25) is 0 Å². The van der Waals surface area contributed by atoms with Crippen LogP contribution >= 0.6 is 11.6 Å². The molecule has 0 unspecified atom stereocenters. The second-order valence-corrected chi connectivity index (χ2v) is 2.94. The fourth-order valence-electron chi connectivity index (χ4n) is 0.886. The highest BCUT2D eigenvalue weighted by molar-refractivity contribution is 6.25. The summed E-state index contributed by atoms with van der Waals surface area (Å²) < 4.78 is 31.0. The van der Waals surface area contributed by atoms with E-state index in [0.29, 0.717) is 0 Å². The van der Waals surface area contributed by atoms with Crippen LogP contribution in [0.1, 0.15) is 5.56 Å². The van der Waals surface area contributed by atoms with Gasteiger partial charge in [0.1, 0.15) is 24.0 Å². The molecular formula is C10H9ClF2O. The second-order valence-electron chi connectivity index (χ2n) is 2.68. The zero-order chi connectivity index (χ0) is 10.6. The summed E-state index contributed by atoms with van der Waals surface area (Å²) in [6, 6.07) is 2.28. The Morgan fingerprint density at radius 2 is 1.93 bits per heavy atom. The summed E-state index contributed by atoms with van der Waals surface area (Å²) in [5.74, 6) is -1.08. The Kier molecular flexibility index (Phi) is 3.89. The van der Waals surface area contributed by atoms with E-state index >= 15 is 0 Å². The Labute approximate surface area is 85.9 Å². The van der Waals surface area contributed by atoms with E-state index in [1.54, 1.807) is 0 Å². The Morgan fingerprint density at radius 1 is 1.36 bits per heavy atom. The smallest absolute Gasteiger partial charge is 0.132 e.